The molecule has 1 aromatic rings. The molecular formula is C13H20N2O4S2. The second kappa shape index (κ2) is 5.68. The molecule has 1 fully saturated rings. The first-order valence-electron chi connectivity index (χ1n) is 6.65. The van der Waals surface area contributed by atoms with Crippen molar-refractivity contribution in [2.24, 2.45) is 5.73 Å². The van der Waals surface area contributed by atoms with Gasteiger partial charge in [-0.2, -0.15) is 4.31 Å². The Kier molecular flexibility index (Phi) is 4.44. The number of rotatable bonds is 4. The lowest BCUT2D eigenvalue weighted by Gasteiger charge is -2.23. The number of benzene rings is 1. The molecule has 1 aromatic carbocycles. The van der Waals surface area contributed by atoms with Crippen LogP contribution in [0, 0.1) is 6.92 Å². The van der Waals surface area contributed by atoms with Crippen molar-refractivity contribution >= 4 is 19.9 Å². The van der Waals surface area contributed by atoms with Crippen molar-refractivity contribution in [2.75, 3.05) is 18.6 Å². The lowest BCUT2D eigenvalue weighted by atomic mass is 10.1. The lowest BCUT2D eigenvalue weighted by molar-refractivity contribution is 0.394. The van der Waals surface area contributed by atoms with E-state index in [4.69, 9.17) is 5.73 Å². The Morgan fingerprint density at radius 2 is 2.05 bits per heavy atom. The van der Waals surface area contributed by atoms with Gasteiger partial charge in [-0.1, -0.05) is 6.07 Å². The zero-order chi connectivity index (χ0) is 15.8. The molecule has 0 spiro atoms. The molecule has 2 N–H and O–H groups in total. The van der Waals surface area contributed by atoms with Crippen molar-refractivity contribution in [1.29, 1.82) is 0 Å². The van der Waals surface area contributed by atoms with E-state index < -0.39 is 25.9 Å². The summed E-state index contributed by atoms with van der Waals surface area (Å²) >= 11 is 0. The summed E-state index contributed by atoms with van der Waals surface area (Å²) < 4.78 is 49.4. The van der Waals surface area contributed by atoms with Crippen LogP contribution in [-0.4, -0.2) is 45.7 Å². The summed E-state index contributed by atoms with van der Waals surface area (Å²) in [5, 5.41) is 0. The molecule has 1 unspecified atom stereocenters. The number of sulfonamides is 1. The van der Waals surface area contributed by atoms with Crippen LogP contribution in [0.1, 0.15) is 17.5 Å². The van der Waals surface area contributed by atoms with Gasteiger partial charge in [-0.3, -0.25) is 0 Å². The highest BCUT2D eigenvalue weighted by Crippen LogP contribution is 2.24. The van der Waals surface area contributed by atoms with Crippen LogP contribution in [0.15, 0.2) is 23.1 Å². The summed E-state index contributed by atoms with van der Waals surface area (Å²) in [4.78, 5) is 0.153. The maximum absolute atomic E-state index is 12.6. The number of hydrogen-bond donors (Lipinski definition) is 1. The van der Waals surface area contributed by atoms with Gasteiger partial charge < -0.3 is 5.73 Å². The van der Waals surface area contributed by atoms with Gasteiger partial charge in [0.1, 0.15) is 0 Å². The van der Waals surface area contributed by atoms with Gasteiger partial charge in [-0.25, -0.2) is 16.8 Å². The average molecular weight is 332 g/mol. The zero-order valence-corrected chi connectivity index (χ0v) is 13.7. The normalized spacial score (nSPS) is 21.8. The highest BCUT2D eigenvalue weighted by molar-refractivity contribution is 7.92. The standard InChI is InChI=1S/C13H20N2O4S2/c1-10-3-4-13(7-11(10)8-14)21(18,19)15(2)12-5-6-20(16,17)9-12/h3-4,7,12H,5-6,8-9,14H2,1-2H3. The van der Waals surface area contributed by atoms with Crippen LogP contribution >= 0.6 is 0 Å². The Morgan fingerprint density at radius 1 is 1.38 bits per heavy atom. The number of sulfone groups is 1. The molecule has 118 valence electrons. The number of hydrogen-bond acceptors (Lipinski definition) is 5. The topological polar surface area (TPSA) is 97.5 Å². The van der Waals surface area contributed by atoms with E-state index in [2.05, 4.69) is 0 Å². The molecule has 0 radical (unpaired) electrons. The predicted molar refractivity (Wildman–Crippen MR) is 81.1 cm³/mol. The van der Waals surface area contributed by atoms with Crippen LogP contribution in [0.3, 0.4) is 0 Å². The summed E-state index contributed by atoms with van der Waals surface area (Å²) in [5.74, 6) is -0.0716. The quantitative estimate of drug-likeness (QED) is 0.853. The van der Waals surface area contributed by atoms with Gasteiger partial charge in [0.25, 0.3) is 0 Å². The molecule has 1 aliphatic rings. The highest BCUT2D eigenvalue weighted by Gasteiger charge is 2.36. The first-order chi connectivity index (χ1) is 9.67. The molecule has 1 aliphatic heterocycles. The van der Waals surface area contributed by atoms with Crippen molar-refractivity contribution in [3.05, 3.63) is 29.3 Å². The Balaban J connectivity index is 2.34. The summed E-state index contributed by atoms with van der Waals surface area (Å²) in [6.07, 6.45) is 0.341. The molecule has 0 aromatic heterocycles. The first kappa shape index (κ1) is 16.4. The molecule has 21 heavy (non-hydrogen) atoms. The average Bonchev–Trinajstić information content (AvgIpc) is 2.78. The maximum atomic E-state index is 12.6. The van der Waals surface area contributed by atoms with E-state index in [-0.39, 0.29) is 22.9 Å². The van der Waals surface area contributed by atoms with E-state index in [0.717, 1.165) is 11.1 Å². The van der Waals surface area contributed by atoms with Gasteiger partial charge in [-0.15, -0.1) is 0 Å². The lowest BCUT2D eigenvalue weighted by Crippen LogP contribution is -2.37. The van der Waals surface area contributed by atoms with Gasteiger partial charge in [0, 0.05) is 19.6 Å². The minimum atomic E-state index is -3.71. The van der Waals surface area contributed by atoms with Gasteiger partial charge in [0.05, 0.1) is 16.4 Å². The van der Waals surface area contributed by atoms with Crippen LogP contribution in [0.2, 0.25) is 0 Å². The zero-order valence-electron chi connectivity index (χ0n) is 12.1. The molecule has 0 saturated carbocycles. The Labute approximate surface area is 125 Å². The summed E-state index contributed by atoms with van der Waals surface area (Å²) in [7, 11) is -5.40. The molecule has 1 heterocycles. The predicted octanol–water partition coefficient (Wildman–Crippen LogP) is 0.261. The fourth-order valence-corrected chi connectivity index (χ4v) is 5.76. The molecular weight excluding hydrogens is 312 g/mol. The van der Waals surface area contributed by atoms with E-state index in [1.165, 1.54) is 17.4 Å². The van der Waals surface area contributed by atoms with Gasteiger partial charge in [0.15, 0.2) is 9.84 Å². The summed E-state index contributed by atoms with van der Waals surface area (Å²) in [6, 6.07) is 4.31. The van der Waals surface area contributed by atoms with Crippen molar-refractivity contribution in [2.45, 2.75) is 30.8 Å². The summed E-state index contributed by atoms with van der Waals surface area (Å²) in [6.45, 7) is 2.13. The first-order valence-corrected chi connectivity index (χ1v) is 9.91. The fraction of sp³-hybridized carbons (Fsp3) is 0.538. The Hall–Kier alpha value is -0.960. The highest BCUT2D eigenvalue weighted by atomic mass is 32.2. The SMILES string of the molecule is Cc1ccc(S(=O)(=O)N(C)C2CCS(=O)(=O)C2)cc1CN. The maximum Gasteiger partial charge on any atom is 0.243 e. The molecule has 0 amide bonds. The van der Waals surface area contributed by atoms with Crippen molar-refractivity contribution in [1.82, 2.24) is 4.31 Å². The van der Waals surface area contributed by atoms with Crippen molar-refractivity contribution < 1.29 is 16.8 Å². The smallest absolute Gasteiger partial charge is 0.243 e. The second-order valence-corrected chi connectivity index (χ2v) is 9.60. The van der Waals surface area contributed by atoms with E-state index >= 15 is 0 Å². The third-order valence-electron chi connectivity index (χ3n) is 3.94. The number of aryl methyl sites for hydroxylation is 1. The van der Waals surface area contributed by atoms with E-state index in [1.807, 2.05) is 6.92 Å². The van der Waals surface area contributed by atoms with Crippen LogP contribution in [-0.2, 0) is 26.4 Å². The third-order valence-corrected chi connectivity index (χ3v) is 7.60. The minimum Gasteiger partial charge on any atom is -0.326 e. The van der Waals surface area contributed by atoms with Gasteiger partial charge in [0.2, 0.25) is 10.0 Å². The molecule has 1 saturated heterocycles. The molecule has 0 aliphatic carbocycles. The molecule has 8 heteroatoms. The van der Waals surface area contributed by atoms with Crippen LogP contribution < -0.4 is 5.73 Å². The van der Waals surface area contributed by atoms with E-state index in [1.54, 1.807) is 12.1 Å². The summed E-state index contributed by atoms with van der Waals surface area (Å²) in [5.41, 5.74) is 7.31. The number of nitrogens with two attached hydrogens (primary N) is 1. The van der Waals surface area contributed by atoms with Crippen molar-refractivity contribution in [3.63, 3.8) is 0 Å². The van der Waals surface area contributed by atoms with Crippen molar-refractivity contribution in [3.8, 4) is 0 Å². The van der Waals surface area contributed by atoms with E-state index in [9.17, 15) is 16.8 Å². The van der Waals surface area contributed by atoms with Gasteiger partial charge in [-0.05, 0) is 36.6 Å². The van der Waals surface area contributed by atoms with E-state index in [0.29, 0.717) is 6.42 Å². The van der Waals surface area contributed by atoms with Crippen LogP contribution in [0.5, 0.6) is 0 Å². The minimum absolute atomic E-state index is 0.0411. The Morgan fingerprint density at radius 3 is 2.57 bits per heavy atom. The molecule has 2 rings (SSSR count). The fourth-order valence-electron chi connectivity index (χ4n) is 2.45. The third kappa shape index (κ3) is 3.28. The Bertz CT molecular complexity index is 741. The largest absolute Gasteiger partial charge is 0.326 e. The van der Waals surface area contributed by atoms with Gasteiger partial charge >= 0.3 is 0 Å². The molecule has 0 bridgehead atoms. The molecule has 1 atom stereocenters. The van der Waals surface area contributed by atoms with Crippen LogP contribution in [0.25, 0.3) is 0 Å². The molecule has 6 nitrogen and oxygen atoms in total. The number of nitrogens with zero attached hydrogens (tertiary/aromatic N) is 1. The van der Waals surface area contributed by atoms with Crippen LogP contribution in [0.4, 0.5) is 0 Å². The second-order valence-electron chi connectivity index (χ2n) is 5.37. The monoisotopic (exact) mass is 332 g/mol.